The van der Waals surface area contributed by atoms with Crippen molar-refractivity contribution in [3.05, 3.63) is 143 Å². The number of hydrogen-bond donors (Lipinski definition) is 0. The van der Waals surface area contributed by atoms with E-state index >= 15 is 0 Å². The number of hydrogen-bond acceptors (Lipinski definition) is 3. The van der Waals surface area contributed by atoms with E-state index < -0.39 is 0 Å². The van der Waals surface area contributed by atoms with E-state index in [9.17, 15) is 0 Å². The Balaban J connectivity index is 0.00000512. The summed E-state index contributed by atoms with van der Waals surface area (Å²) in [7, 11) is 0. The Morgan fingerprint density at radius 2 is 1.16 bits per heavy atom. The molecule has 8 rings (SSSR count). The molecule has 0 N–H and O–H groups in total. The van der Waals surface area contributed by atoms with Crippen LogP contribution >= 0.6 is 11.3 Å². The molecule has 0 saturated carbocycles. The van der Waals surface area contributed by atoms with Gasteiger partial charge < -0.3 is 9.88 Å². The second-order valence-corrected chi connectivity index (χ2v) is 20.7. The number of aromatic nitrogens is 2. The predicted molar refractivity (Wildman–Crippen MR) is 246 cm³/mol. The summed E-state index contributed by atoms with van der Waals surface area (Å²) in [5, 5.41) is 5.74. The molecule has 0 aliphatic rings. The molecular weight excluding hydrogens is 908 g/mol. The van der Waals surface area contributed by atoms with Crippen LogP contribution in [0, 0.1) is 12.1 Å². The first-order valence-corrected chi connectivity index (χ1v) is 21.0. The third-order valence-electron chi connectivity index (χ3n) is 11.2. The Morgan fingerprint density at radius 1 is 0.569 bits per heavy atom. The third kappa shape index (κ3) is 7.97. The van der Waals surface area contributed by atoms with Gasteiger partial charge in [-0.15, -0.1) is 45.7 Å². The van der Waals surface area contributed by atoms with E-state index in [0.717, 1.165) is 55.2 Å². The van der Waals surface area contributed by atoms with Gasteiger partial charge in [0.1, 0.15) is 0 Å². The molecule has 3 heterocycles. The minimum absolute atomic E-state index is 0. The number of nitrogens with zero attached hydrogens (tertiary/aromatic N) is 3. The molecule has 0 saturated heterocycles. The zero-order chi connectivity index (χ0) is 40.7. The quantitative estimate of drug-likeness (QED) is 0.127. The largest absolute Gasteiger partial charge is 3.00 e. The maximum absolute atomic E-state index is 5.36. The molecule has 0 bridgehead atoms. The molecule has 0 spiro atoms. The monoisotopic (exact) mass is 961 g/mol. The Morgan fingerprint density at radius 3 is 1.81 bits per heavy atom. The second kappa shape index (κ2) is 15.0. The fourth-order valence-corrected chi connectivity index (χ4v) is 8.44. The predicted octanol–water partition coefficient (Wildman–Crippen LogP) is 15.2. The van der Waals surface area contributed by atoms with Crippen molar-refractivity contribution in [3.8, 4) is 22.3 Å². The first kappa shape index (κ1) is 41.7. The van der Waals surface area contributed by atoms with E-state index in [4.69, 9.17) is 9.97 Å². The number of para-hydroxylation sites is 1. The molecule has 5 aromatic carbocycles. The number of thiophene rings is 1. The molecule has 3 aromatic heterocycles. The van der Waals surface area contributed by atoms with Gasteiger partial charge >= 0.3 is 22.4 Å². The van der Waals surface area contributed by atoms with Crippen molar-refractivity contribution in [1.29, 1.82) is 0 Å². The van der Waals surface area contributed by atoms with E-state index in [0.29, 0.717) is 0 Å². The van der Waals surface area contributed by atoms with Crippen molar-refractivity contribution in [1.82, 2.24) is 9.97 Å². The molecule has 0 aliphatic carbocycles. The summed E-state index contributed by atoms with van der Waals surface area (Å²) in [6.07, 6.45) is 1.92. The third-order valence-corrected chi connectivity index (χ3v) is 12.1. The van der Waals surface area contributed by atoms with Crippen LogP contribution in [-0.4, -0.2) is 4.98 Å². The Bertz CT molecular complexity index is 2780. The molecule has 298 valence electrons. The summed E-state index contributed by atoms with van der Waals surface area (Å²) >= 11 is 1.72. The standard InChI is InChI=1S/C53H54N3S.Au/c1-50(2,3)37-18-19-46-44(30-37)45-32-40(53(10,11)12)31-43(47(45)55-46)36-24-34(25-38(27-36)51(4,5)6)35-26-39(52(7,8)9)29-42(28-35)56(41-16-14-13-15-17-41)49-48-33(20-22-54-49)21-23-57-48;/h13-23,25-27,29-32H,1-12H3;/q-3;+3. The molecule has 0 radical (unpaired) electrons. The maximum atomic E-state index is 5.36. The van der Waals surface area contributed by atoms with Crippen molar-refractivity contribution in [2.24, 2.45) is 0 Å². The average Bonchev–Trinajstić information content (AvgIpc) is 3.78. The molecule has 3 nitrogen and oxygen atoms in total. The summed E-state index contributed by atoms with van der Waals surface area (Å²) in [5.41, 5.74) is 13.0. The number of benzene rings is 5. The fourth-order valence-electron chi connectivity index (χ4n) is 7.57. The topological polar surface area (TPSA) is 30.2 Å². The van der Waals surface area contributed by atoms with Crippen LogP contribution in [0.3, 0.4) is 0 Å². The summed E-state index contributed by atoms with van der Waals surface area (Å²) in [4.78, 5) is 12.7. The van der Waals surface area contributed by atoms with Crippen LogP contribution in [-0.2, 0) is 44.0 Å². The molecule has 0 amide bonds. The van der Waals surface area contributed by atoms with E-state index in [1.54, 1.807) is 11.3 Å². The molecular formula is C53H54AuN3S. The molecule has 58 heavy (non-hydrogen) atoms. The first-order chi connectivity index (χ1) is 26.8. The van der Waals surface area contributed by atoms with Crippen LogP contribution in [0.25, 0.3) is 54.1 Å². The van der Waals surface area contributed by atoms with Gasteiger partial charge in [-0.3, -0.25) is 0 Å². The minimum Gasteiger partial charge on any atom is -0.663 e. The van der Waals surface area contributed by atoms with Gasteiger partial charge in [0.15, 0.2) is 5.82 Å². The average molecular weight is 962 g/mol. The summed E-state index contributed by atoms with van der Waals surface area (Å²) in [6, 6.07) is 43.6. The molecule has 8 aromatic rings. The van der Waals surface area contributed by atoms with E-state index in [1.165, 1.54) is 38.4 Å². The normalized spacial score (nSPS) is 12.7. The summed E-state index contributed by atoms with van der Waals surface area (Å²) in [6.45, 7) is 27.5. The fraction of sp³-hybridized carbons (Fsp3) is 0.302. The van der Waals surface area contributed by atoms with E-state index in [2.05, 4.69) is 203 Å². The zero-order valence-electron chi connectivity index (χ0n) is 35.9. The number of rotatable bonds is 5. The van der Waals surface area contributed by atoms with Crippen LogP contribution in [0.15, 0.2) is 109 Å². The van der Waals surface area contributed by atoms with Gasteiger partial charge in [0.25, 0.3) is 0 Å². The van der Waals surface area contributed by atoms with Gasteiger partial charge in [0.2, 0.25) is 0 Å². The molecule has 0 fully saturated rings. The SMILES string of the molecule is CC(C)(C)c1cc(-c2[c-]c(N(c3ccccc3)c3nccc4ccsc34)cc(C(C)(C)C)c2)[c-]c(-c2cc(C(C)(C)C)cc3c2[n-]c2ccc(C(C)(C)C)cc23)c1.[Au+3]. The number of pyridine rings is 1. The Hall–Kier alpha value is -4.45. The van der Waals surface area contributed by atoms with Crippen LogP contribution in [0.4, 0.5) is 17.2 Å². The summed E-state index contributed by atoms with van der Waals surface area (Å²) < 4.78 is 1.15. The molecule has 0 atom stereocenters. The van der Waals surface area contributed by atoms with Crippen molar-refractivity contribution >= 4 is 60.4 Å². The van der Waals surface area contributed by atoms with Gasteiger partial charge in [-0.25, -0.2) is 10.5 Å². The number of anilines is 3. The van der Waals surface area contributed by atoms with Gasteiger partial charge in [0, 0.05) is 11.9 Å². The van der Waals surface area contributed by atoms with Crippen molar-refractivity contribution in [3.63, 3.8) is 0 Å². The Kier molecular flexibility index (Phi) is 10.8. The van der Waals surface area contributed by atoms with Crippen LogP contribution in [0.5, 0.6) is 0 Å². The molecule has 0 unspecified atom stereocenters. The zero-order valence-corrected chi connectivity index (χ0v) is 38.9. The number of fused-ring (bicyclic) bond motifs is 4. The first-order valence-electron chi connectivity index (χ1n) is 20.1. The molecule has 0 aliphatic heterocycles. The Labute approximate surface area is 365 Å². The second-order valence-electron chi connectivity index (χ2n) is 19.8. The minimum atomic E-state index is -0.133. The van der Waals surface area contributed by atoms with Gasteiger partial charge in [0.05, 0.1) is 4.70 Å². The summed E-state index contributed by atoms with van der Waals surface area (Å²) in [5.74, 6) is 0.903. The van der Waals surface area contributed by atoms with Crippen molar-refractivity contribution in [2.45, 2.75) is 105 Å². The smallest absolute Gasteiger partial charge is 0.663 e. The van der Waals surface area contributed by atoms with Gasteiger partial charge in [-0.2, -0.15) is 35.3 Å². The van der Waals surface area contributed by atoms with Crippen LogP contribution in [0.1, 0.15) is 105 Å². The molecule has 5 heteroatoms. The van der Waals surface area contributed by atoms with Gasteiger partial charge in [-0.1, -0.05) is 137 Å². The van der Waals surface area contributed by atoms with Crippen LogP contribution in [0.2, 0.25) is 0 Å². The maximum Gasteiger partial charge on any atom is 3.00 e. The van der Waals surface area contributed by atoms with Crippen LogP contribution < -0.4 is 9.88 Å². The van der Waals surface area contributed by atoms with E-state index in [-0.39, 0.29) is 44.0 Å². The van der Waals surface area contributed by atoms with Crippen molar-refractivity contribution < 1.29 is 22.4 Å². The van der Waals surface area contributed by atoms with Gasteiger partial charge in [-0.05, 0) is 84.3 Å². The van der Waals surface area contributed by atoms with E-state index in [1.807, 2.05) is 6.20 Å². The van der Waals surface area contributed by atoms with Crippen molar-refractivity contribution in [2.75, 3.05) is 4.90 Å².